The van der Waals surface area contributed by atoms with E-state index >= 15 is 0 Å². The molecule has 108 valence electrons. The molecule has 0 saturated carbocycles. The van der Waals surface area contributed by atoms with E-state index in [1.54, 1.807) is 16.2 Å². The number of thiophene rings is 1. The summed E-state index contributed by atoms with van der Waals surface area (Å²) >= 11 is 1.58. The van der Waals surface area contributed by atoms with E-state index in [1.165, 1.54) is 0 Å². The zero-order valence-electron chi connectivity index (χ0n) is 11.0. The first-order chi connectivity index (χ1) is 9.65. The third-order valence-corrected chi connectivity index (χ3v) is 3.92. The molecule has 0 aliphatic carbocycles. The van der Waals surface area contributed by atoms with E-state index in [9.17, 15) is 9.59 Å². The topological polar surface area (TPSA) is 66.8 Å². The second-order valence-corrected chi connectivity index (χ2v) is 5.64. The minimum absolute atomic E-state index is 0.0529. The molecule has 0 spiro atoms. The number of amides is 1. The SMILES string of the molecule is O=C(O)/C=C/C(=O)N(Cc1cccs1)CC1CCCO1. The van der Waals surface area contributed by atoms with Gasteiger partial charge in [-0.3, -0.25) is 4.79 Å². The Balaban J connectivity index is 2.01. The Morgan fingerprint density at radius 1 is 1.50 bits per heavy atom. The van der Waals surface area contributed by atoms with Gasteiger partial charge in [0, 0.05) is 30.2 Å². The quantitative estimate of drug-likeness (QED) is 0.814. The number of ether oxygens (including phenoxy) is 1. The van der Waals surface area contributed by atoms with Gasteiger partial charge in [0.25, 0.3) is 0 Å². The van der Waals surface area contributed by atoms with Crippen LogP contribution in [0.4, 0.5) is 0 Å². The summed E-state index contributed by atoms with van der Waals surface area (Å²) in [6, 6.07) is 3.89. The number of carbonyl (C=O) groups excluding carboxylic acids is 1. The lowest BCUT2D eigenvalue weighted by Crippen LogP contribution is -2.35. The van der Waals surface area contributed by atoms with Gasteiger partial charge in [0.15, 0.2) is 0 Å². The molecule has 1 aliphatic rings. The highest BCUT2D eigenvalue weighted by atomic mass is 32.1. The Bertz CT molecular complexity index is 477. The van der Waals surface area contributed by atoms with Gasteiger partial charge >= 0.3 is 5.97 Å². The van der Waals surface area contributed by atoms with E-state index in [1.807, 2.05) is 17.5 Å². The molecule has 1 amide bonds. The smallest absolute Gasteiger partial charge is 0.328 e. The van der Waals surface area contributed by atoms with Crippen LogP contribution in [0.5, 0.6) is 0 Å². The number of carboxylic acid groups (broad SMARTS) is 1. The Hall–Kier alpha value is -1.66. The zero-order valence-corrected chi connectivity index (χ0v) is 11.8. The molecular formula is C14H17NO4S. The first kappa shape index (κ1) is 14.7. The molecule has 0 radical (unpaired) electrons. The molecule has 0 bridgehead atoms. The van der Waals surface area contributed by atoms with Crippen molar-refractivity contribution >= 4 is 23.2 Å². The molecule has 1 aromatic heterocycles. The van der Waals surface area contributed by atoms with Gasteiger partial charge in [0.2, 0.25) is 5.91 Å². The normalized spacial score (nSPS) is 18.5. The van der Waals surface area contributed by atoms with E-state index < -0.39 is 5.97 Å². The maximum absolute atomic E-state index is 12.1. The van der Waals surface area contributed by atoms with Crippen LogP contribution < -0.4 is 0 Å². The molecule has 2 rings (SSSR count). The van der Waals surface area contributed by atoms with Crippen LogP contribution >= 0.6 is 11.3 Å². The van der Waals surface area contributed by atoms with Gasteiger partial charge in [0.1, 0.15) is 0 Å². The van der Waals surface area contributed by atoms with Crippen LogP contribution in [0.2, 0.25) is 0 Å². The average Bonchev–Trinajstić information content (AvgIpc) is 3.08. The lowest BCUT2D eigenvalue weighted by atomic mass is 10.2. The summed E-state index contributed by atoms with van der Waals surface area (Å²) in [5.41, 5.74) is 0. The minimum atomic E-state index is -1.12. The van der Waals surface area contributed by atoms with Crippen molar-refractivity contribution in [3.8, 4) is 0 Å². The Labute approximate surface area is 121 Å². The van der Waals surface area contributed by atoms with Crippen LogP contribution in [-0.4, -0.2) is 41.1 Å². The molecule has 0 aromatic carbocycles. The molecule has 1 aliphatic heterocycles. The van der Waals surface area contributed by atoms with Crippen molar-refractivity contribution < 1.29 is 19.4 Å². The zero-order chi connectivity index (χ0) is 14.4. The number of nitrogens with zero attached hydrogens (tertiary/aromatic N) is 1. The first-order valence-corrected chi connectivity index (χ1v) is 7.37. The number of rotatable bonds is 6. The highest BCUT2D eigenvalue weighted by Crippen LogP contribution is 2.17. The monoisotopic (exact) mass is 295 g/mol. The molecule has 1 aromatic rings. The molecule has 1 saturated heterocycles. The fraction of sp³-hybridized carbons (Fsp3) is 0.429. The predicted octanol–water partition coefficient (Wildman–Crippen LogP) is 1.90. The van der Waals surface area contributed by atoms with E-state index in [-0.39, 0.29) is 12.0 Å². The summed E-state index contributed by atoms with van der Waals surface area (Å²) in [7, 11) is 0. The number of carbonyl (C=O) groups is 2. The lowest BCUT2D eigenvalue weighted by molar-refractivity contribution is -0.132. The Kier molecular flexibility index (Phi) is 5.31. The second-order valence-electron chi connectivity index (χ2n) is 4.60. The lowest BCUT2D eigenvalue weighted by Gasteiger charge is -2.23. The molecule has 5 nitrogen and oxygen atoms in total. The Morgan fingerprint density at radius 2 is 2.35 bits per heavy atom. The van der Waals surface area contributed by atoms with Crippen molar-refractivity contribution in [1.82, 2.24) is 4.90 Å². The standard InChI is InChI=1S/C14H17NO4S/c16-13(5-6-14(17)18)15(9-11-3-1-7-19-11)10-12-4-2-8-20-12/h2,4-6,8,11H,1,3,7,9-10H2,(H,17,18)/b6-5+. The van der Waals surface area contributed by atoms with Gasteiger partial charge in [-0.05, 0) is 24.3 Å². The number of hydrogen-bond acceptors (Lipinski definition) is 4. The number of hydrogen-bond donors (Lipinski definition) is 1. The maximum atomic E-state index is 12.1. The van der Waals surface area contributed by atoms with Crippen molar-refractivity contribution in [2.24, 2.45) is 0 Å². The number of aliphatic carboxylic acids is 1. The van der Waals surface area contributed by atoms with Gasteiger partial charge in [-0.25, -0.2) is 4.79 Å². The van der Waals surface area contributed by atoms with Gasteiger partial charge in [-0.15, -0.1) is 11.3 Å². The van der Waals surface area contributed by atoms with Crippen LogP contribution in [0, 0.1) is 0 Å². The summed E-state index contributed by atoms with van der Waals surface area (Å²) in [6.45, 7) is 1.72. The highest BCUT2D eigenvalue weighted by molar-refractivity contribution is 7.09. The maximum Gasteiger partial charge on any atom is 0.328 e. The molecule has 1 N–H and O–H groups in total. The van der Waals surface area contributed by atoms with Crippen LogP contribution in [-0.2, 0) is 20.9 Å². The second kappa shape index (κ2) is 7.21. The van der Waals surface area contributed by atoms with E-state index in [2.05, 4.69) is 0 Å². The number of carboxylic acids is 1. The van der Waals surface area contributed by atoms with Crippen molar-refractivity contribution in [3.63, 3.8) is 0 Å². The van der Waals surface area contributed by atoms with E-state index in [0.717, 1.165) is 36.5 Å². The third kappa shape index (κ3) is 4.47. The van der Waals surface area contributed by atoms with Crippen molar-refractivity contribution in [1.29, 1.82) is 0 Å². The summed E-state index contributed by atoms with van der Waals surface area (Å²) in [5, 5.41) is 10.6. The third-order valence-electron chi connectivity index (χ3n) is 3.05. The van der Waals surface area contributed by atoms with Crippen molar-refractivity contribution in [3.05, 3.63) is 34.5 Å². The first-order valence-electron chi connectivity index (χ1n) is 6.49. The van der Waals surface area contributed by atoms with Crippen LogP contribution in [0.1, 0.15) is 17.7 Å². The van der Waals surface area contributed by atoms with Crippen LogP contribution in [0.25, 0.3) is 0 Å². The molecule has 1 unspecified atom stereocenters. The fourth-order valence-electron chi connectivity index (χ4n) is 2.11. The molecular weight excluding hydrogens is 278 g/mol. The Morgan fingerprint density at radius 3 is 2.95 bits per heavy atom. The molecule has 20 heavy (non-hydrogen) atoms. The molecule has 1 fully saturated rings. The summed E-state index contributed by atoms with van der Waals surface area (Å²) < 4.78 is 5.55. The molecule has 2 heterocycles. The average molecular weight is 295 g/mol. The largest absolute Gasteiger partial charge is 0.478 e. The van der Waals surface area contributed by atoms with Crippen molar-refractivity contribution in [2.45, 2.75) is 25.5 Å². The predicted molar refractivity (Wildman–Crippen MR) is 75.5 cm³/mol. The highest BCUT2D eigenvalue weighted by Gasteiger charge is 2.22. The summed E-state index contributed by atoms with van der Waals surface area (Å²) in [5.74, 6) is -1.41. The van der Waals surface area contributed by atoms with Gasteiger partial charge in [-0.2, -0.15) is 0 Å². The van der Waals surface area contributed by atoms with Gasteiger partial charge in [-0.1, -0.05) is 6.07 Å². The van der Waals surface area contributed by atoms with Crippen LogP contribution in [0.15, 0.2) is 29.7 Å². The van der Waals surface area contributed by atoms with E-state index in [4.69, 9.17) is 9.84 Å². The van der Waals surface area contributed by atoms with E-state index in [0.29, 0.717) is 13.1 Å². The molecule has 6 heteroatoms. The van der Waals surface area contributed by atoms with Crippen molar-refractivity contribution in [2.75, 3.05) is 13.2 Å². The summed E-state index contributed by atoms with van der Waals surface area (Å²) in [6.07, 6.45) is 3.98. The molecule has 1 atom stereocenters. The van der Waals surface area contributed by atoms with Gasteiger partial charge in [0.05, 0.1) is 12.6 Å². The van der Waals surface area contributed by atoms with Crippen LogP contribution in [0.3, 0.4) is 0 Å². The summed E-state index contributed by atoms with van der Waals surface area (Å²) in [4.78, 5) is 25.3. The van der Waals surface area contributed by atoms with Gasteiger partial charge < -0.3 is 14.7 Å². The minimum Gasteiger partial charge on any atom is -0.478 e. The fourth-order valence-corrected chi connectivity index (χ4v) is 2.82.